The molecule has 0 radical (unpaired) electrons. The molecule has 3 rings (SSSR count). The first-order valence-electron chi connectivity index (χ1n) is 9.15. The molecular weight excluding hydrogens is 368 g/mol. The molecule has 0 aliphatic carbocycles. The molecule has 3 N–H and O–H groups in total. The van der Waals surface area contributed by atoms with Crippen molar-refractivity contribution in [2.24, 2.45) is 5.73 Å². The number of ether oxygens (including phenoxy) is 2. The standard InChI is InChI=1S/C23H22N2O4/c1-16(29-21-11-7-18(8-12-21)22(24)26)23(27)25-19-9-13-20(14-10-19)28-15-17-5-3-2-4-6-17/h2-14,16H,15H2,1H3,(H2,24,26)(H,25,27)/t16-/m0/s1. The Bertz CT molecular complexity index is 954. The Morgan fingerprint density at radius 1 is 0.897 bits per heavy atom. The highest BCUT2D eigenvalue weighted by Crippen LogP contribution is 2.18. The molecule has 1 atom stereocenters. The molecule has 148 valence electrons. The molecule has 3 aromatic rings. The molecule has 0 saturated carbocycles. The summed E-state index contributed by atoms with van der Waals surface area (Å²) in [5.41, 5.74) is 7.31. The van der Waals surface area contributed by atoms with Crippen molar-refractivity contribution in [3.8, 4) is 11.5 Å². The zero-order chi connectivity index (χ0) is 20.6. The first kappa shape index (κ1) is 19.9. The maximum absolute atomic E-state index is 12.3. The number of hydrogen-bond donors (Lipinski definition) is 2. The predicted octanol–water partition coefficient (Wildman–Crippen LogP) is 3.77. The van der Waals surface area contributed by atoms with Gasteiger partial charge in [-0.05, 0) is 61.0 Å². The minimum Gasteiger partial charge on any atom is -0.489 e. The third kappa shape index (κ3) is 5.84. The summed E-state index contributed by atoms with van der Waals surface area (Å²) in [7, 11) is 0. The number of benzene rings is 3. The second-order valence-electron chi connectivity index (χ2n) is 6.44. The highest BCUT2D eigenvalue weighted by molar-refractivity contribution is 5.94. The molecule has 0 spiro atoms. The van der Waals surface area contributed by atoms with Crippen LogP contribution in [-0.4, -0.2) is 17.9 Å². The number of anilines is 1. The Hall–Kier alpha value is -3.80. The van der Waals surface area contributed by atoms with Crippen LogP contribution in [0.15, 0.2) is 78.9 Å². The fraction of sp³-hybridized carbons (Fsp3) is 0.130. The van der Waals surface area contributed by atoms with Crippen molar-refractivity contribution in [2.45, 2.75) is 19.6 Å². The van der Waals surface area contributed by atoms with Crippen LogP contribution in [0, 0.1) is 0 Å². The van der Waals surface area contributed by atoms with Gasteiger partial charge < -0.3 is 20.5 Å². The van der Waals surface area contributed by atoms with E-state index in [1.807, 2.05) is 30.3 Å². The third-order valence-electron chi connectivity index (χ3n) is 4.19. The Morgan fingerprint density at radius 3 is 2.14 bits per heavy atom. The van der Waals surface area contributed by atoms with Gasteiger partial charge >= 0.3 is 0 Å². The number of amides is 2. The van der Waals surface area contributed by atoms with Crippen molar-refractivity contribution in [1.29, 1.82) is 0 Å². The lowest BCUT2D eigenvalue weighted by Crippen LogP contribution is -2.30. The number of rotatable bonds is 8. The van der Waals surface area contributed by atoms with E-state index in [2.05, 4.69) is 5.32 Å². The van der Waals surface area contributed by atoms with Crippen molar-refractivity contribution < 1.29 is 19.1 Å². The molecule has 0 unspecified atom stereocenters. The topological polar surface area (TPSA) is 90.7 Å². The van der Waals surface area contributed by atoms with Gasteiger partial charge in [0.25, 0.3) is 5.91 Å². The van der Waals surface area contributed by atoms with Gasteiger partial charge in [0.05, 0.1) is 0 Å². The Kier molecular flexibility index (Phi) is 6.47. The maximum Gasteiger partial charge on any atom is 0.265 e. The molecule has 0 heterocycles. The lowest BCUT2D eigenvalue weighted by atomic mass is 10.2. The number of primary amides is 1. The zero-order valence-electron chi connectivity index (χ0n) is 16.0. The van der Waals surface area contributed by atoms with Crippen LogP contribution in [0.5, 0.6) is 11.5 Å². The van der Waals surface area contributed by atoms with Crippen molar-refractivity contribution in [1.82, 2.24) is 0 Å². The Balaban J connectivity index is 1.51. The second kappa shape index (κ2) is 9.41. The fourth-order valence-corrected chi connectivity index (χ4v) is 2.57. The molecule has 6 nitrogen and oxygen atoms in total. The Morgan fingerprint density at radius 2 is 1.52 bits per heavy atom. The molecule has 2 amide bonds. The minimum atomic E-state index is -0.719. The van der Waals surface area contributed by atoms with Crippen molar-refractivity contribution in [3.63, 3.8) is 0 Å². The smallest absolute Gasteiger partial charge is 0.265 e. The largest absolute Gasteiger partial charge is 0.489 e. The first-order chi connectivity index (χ1) is 14.0. The van der Waals surface area contributed by atoms with E-state index in [1.165, 1.54) is 0 Å². The van der Waals surface area contributed by atoms with Crippen molar-refractivity contribution in [2.75, 3.05) is 5.32 Å². The van der Waals surface area contributed by atoms with Crippen LogP contribution in [0.4, 0.5) is 5.69 Å². The van der Waals surface area contributed by atoms with Crippen molar-refractivity contribution >= 4 is 17.5 Å². The molecule has 6 heteroatoms. The van der Waals surface area contributed by atoms with E-state index in [0.717, 1.165) is 5.56 Å². The van der Waals surface area contributed by atoms with Crippen LogP contribution in [-0.2, 0) is 11.4 Å². The van der Waals surface area contributed by atoms with Gasteiger partial charge in [-0.3, -0.25) is 9.59 Å². The molecule has 29 heavy (non-hydrogen) atoms. The van der Waals surface area contributed by atoms with Gasteiger partial charge in [-0.25, -0.2) is 0 Å². The van der Waals surface area contributed by atoms with E-state index in [4.69, 9.17) is 15.2 Å². The highest BCUT2D eigenvalue weighted by atomic mass is 16.5. The number of hydrogen-bond acceptors (Lipinski definition) is 4. The number of carbonyl (C=O) groups excluding carboxylic acids is 2. The number of nitrogens with one attached hydrogen (secondary N) is 1. The van der Waals surface area contributed by atoms with Crippen LogP contribution in [0.3, 0.4) is 0 Å². The molecule has 0 aromatic heterocycles. The van der Waals surface area contributed by atoms with Crippen LogP contribution in [0.2, 0.25) is 0 Å². The third-order valence-corrected chi connectivity index (χ3v) is 4.19. The molecule has 0 saturated heterocycles. The van der Waals surface area contributed by atoms with E-state index in [-0.39, 0.29) is 5.91 Å². The zero-order valence-corrected chi connectivity index (χ0v) is 16.0. The minimum absolute atomic E-state index is 0.290. The molecule has 0 aliphatic heterocycles. The van der Waals surface area contributed by atoms with Gasteiger partial charge in [0, 0.05) is 11.3 Å². The molecule has 3 aromatic carbocycles. The van der Waals surface area contributed by atoms with E-state index in [1.54, 1.807) is 55.5 Å². The summed E-state index contributed by atoms with van der Waals surface area (Å²) in [5.74, 6) is 0.383. The average Bonchev–Trinajstić information content (AvgIpc) is 2.74. The lowest BCUT2D eigenvalue weighted by molar-refractivity contribution is -0.122. The van der Waals surface area contributed by atoms with E-state index < -0.39 is 12.0 Å². The highest BCUT2D eigenvalue weighted by Gasteiger charge is 2.15. The molecular formula is C23H22N2O4. The van der Waals surface area contributed by atoms with Crippen LogP contribution in [0.1, 0.15) is 22.8 Å². The first-order valence-corrected chi connectivity index (χ1v) is 9.15. The summed E-state index contributed by atoms with van der Waals surface area (Å²) in [6, 6.07) is 23.3. The summed E-state index contributed by atoms with van der Waals surface area (Å²) in [6.45, 7) is 2.13. The maximum atomic E-state index is 12.3. The summed E-state index contributed by atoms with van der Waals surface area (Å²) >= 11 is 0. The second-order valence-corrected chi connectivity index (χ2v) is 6.44. The van der Waals surface area contributed by atoms with Crippen LogP contribution in [0.25, 0.3) is 0 Å². The van der Waals surface area contributed by atoms with Gasteiger partial charge in [0.15, 0.2) is 6.10 Å². The van der Waals surface area contributed by atoms with Gasteiger partial charge in [-0.15, -0.1) is 0 Å². The summed E-state index contributed by atoms with van der Waals surface area (Å²) in [6.07, 6.45) is -0.719. The Labute approximate surface area is 169 Å². The van der Waals surface area contributed by atoms with Gasteiger partial charge in [-0.1, -0.05) is 30.3 Å². The molecule has 0 aliphatic rings. The fourth-order valence-electron chi connectivity index (χ4n) is 2.57. The number of nitrogens with two attached hydrogens (primary N) is 1. The van der Waals surface area contributed by atoms with E-state index in [0.29, 0.717) is 29.4 Å². The average molecular weight is 390 g/mol. The van der Waals surface area contributed by atoms with Gasteiger partial charge in [0.1, 0.15) is 18.1 Å². The van der Waals surface area contributed by atoms with E-state index in [9.17, 15) is 9.59 Å². The number of carbonyl (C=O) groups is 2. The molecule has 0 fully saturated rings. The molecule has 0 bridgehead atoms. The normalized spacial score (nSPS) is 11.3. The quantitative estimate of drug-likeness (QED) is 0.613. The lowest BCUT2D eigenvalue weighted by Gasteiger charge is -2.15. The van der Waals surface area contributed by atoms with Gasteiger partial charge in [-0.2, -0.15) is 0 Å². The summed E-state index contributed by atoms with van der Waals surface area (Å²) < 4.78 is 11.3. The summed E-state index contributed by atoms with van der Waals surface area (Å²) in [4.78, 5) is 23.4. The van der Waals surface area contributed by atoms with Crippen LogP contribution >= 0.6 is 0 Å². The van der Waals surface area contributed by atoms with Gasteiger partial charge in [0.2, 0.25) is 5.91 Å². The SMILES string of the molecule is C[C@H](Oc1ccc(C(N)=O)cc1)C(=O)Nc1ccc(OCc2ccccc2)cc1. The van der Waals surface area contributed by atoms with Crippen molar-refractivity contribution in [3.05, 3.63) is 90.0 Å². The van der Waals surface area contributed by atoms with E-state index >= 15 is 0 Å². The monoisotopic (exact) mass is 390 g/mol. The van der Waals surface area contributed by atoms with Crippen LogP contribution < -0.4 is 20.5 Å². The predicted molar refractivity (Wildman–Crippen MR) is 111 cm³/mol. The summed E-state index contributed by atoms with van der Waals surface area (Å²) in [5, 5.41) is 2.80.